The SMILES string of the molecule is CC(C)CCCCNC(=O)C(=O)NCCN. The molecule has 0 unspecified atom stereocenters. The smallest absolute Gasteiger partial charge is 0.309 e. The summed E-state index contributed by atoms with van der Waals surface area (Å²) in [6.07, 6.45) is 3.13. The Morgan fingerprint density at radius 2 is 1.62 bits per heavy atom. The van der Waals surface area contributed by atoms with E-state index in [4.69, 9.17) is 5.73 Å². The van der Waals surface area contributed by atoms with Gasteiger partial charge in [-0.25, -0.2) is 0 Å². The van der Waals surface area contributed by atoms with Crippen molar-refractivity contribution in [3.8, 4) is 0 Å². The molecule has 5 nitrogen and oxygen atoms in total. The van der Waals surface area contributed by atoms with Gasteiger partial charge in [-0.15, -0.1) is 0 Å². The first kappa shape index (κ1) is 14.9. The Morgan fingerprint density at radius 3 is 2.12 bits per heavy atom. The van der Waals surface area contributed by atoms with E-state index >= 15 is 0 Å². The minimum atomic E-state index is -0.602. The summed E-state index contributed by atoms with van der Waals surface area (Å²) in [6.45, 7) is 5.56. The number of hydrogen-bond donors (Lipinski definition) is 3. The van der Waals surface area contributed by atoms with Gasteiger partial charge < -0.3 is 16.4 Å². The fourth-order valence-corrected chi connectivity index (χ4v) is 1.23. The molecule has 0 aliphatic rings. The van der Waals surface area contributed by atoms with Crippen LogP contribution in [0.15, 0.2) is 0 Å². The summed E-state index contributed by atoms with van der Waals surface area (Å²) < 4.78 is 0. The third-order valence-corrected chi connectivity index (χ3v) is 2.13. The van der Waals surface area contributed by atoms with E-state index in [1.807, 2.05) is 0 Å². The fourth-order valence-electron chi connectivity index (χ4n) is 1.23. The number of nitrogens with one attached hydrogen (secondary N) is 2. The van der Waals surface area contributed by atoms with Crippen molar-refractivity contribution in [3.63, 3.8) is 0 Å². The topological polar surface area (TPSA) is 84.2 Å². The first-order valence-electron chi connectivity index (χ1n) is 5.84. The van der Waals surface area contributed by atoms with Crippen molar-refractivity contribution in [2.45, 2.75) is 33.1 Å². The molecule has 0 aromatic heterocycles. The number of hydrogen-bond acceptors (Lipinski definition) is 3. The van der Waals surface area contributed by atoms with Crippen molar-refractivity contribution in [3.05, 3.63) is 0 Å². The zero-order valence-corrected chi connectivity index (χ0v) is 10.2. The summed E-state index contributed by atoms with van der Waals surface area (Å²) in [5, 5.41) is 4.99. The molecule has 0 atom stereocenters. The van der Waals surface area contributed by atoms with Gasteiger partial charge in [-0.2, -0.15) is 0 Å². The van der Waals surface area contributed by atoms with Crippen molar-refractivity contribution >= 4 is 11.8 Å². The molecule has 0 aliphatic heterocycles. The van der Waals surface area contributed by atoms with Gasteiger partial charge in [0.05, 0.1) is 0 Å². The van der Waals surface area contributed by atoms with Gasteiger partial charge >= 0.3 is 11.8 Å². The Hall–Kier alpha value is -1.10. The molecule has 0 aromatic carbocycles. The highest BCUT2D eigenvalue weighted by Gasteiger charge is 2.10. The van der Waals surface area contributed by atoms with Crippen molar-refractivity contribution in [1.82, 2.24) is 10.6 Å². The van der Waals surface area contributed by atoms with Gasteiger partial charge in [-0.05, 0) is 12.3 Å². The quantitative estimate of drug-likeness (QED) is 0.424. The van der Waals surface area contributed by atoms with E-state index in [1.165, 1.54) is 0 Å². The van der Waals surface area contributed by atoms with Crippen LogP contribution in [-0.2, 0) is 9.59 Å². The van der Waals surface area contributed by atoms with E-state index in [-0.39, 0.29) is 0 Å². The number of carbonyl (C=O) groups excluding carboxylic acids is 2. The maximum absolute atomic E-state index is 11.2. The number of nitrogens with two attached hydrogens (primary N) is 1. The Morgan fingerprint density at radius 1 is 1.06 bits per heavy atom. The van der Waals surface area contributed by atoms with Crippen LogP contribution in [-0.4, -0.2) is 31.4 Å². The van der Waals surface area contributed by atoms with Crippen molar-refractivity contribution in [2.24, 2.45) is 11.7 Å². The lowest BCUT2D eigenvalue weighted by molar-refractivity contribution is -0.139. The number of amides is 2. The number of unbranched alkanes of at least 4 members (excludes halogenated alkanes) is 1. The van der Waals surface area contributed by atoms with Crippen LogP contribution in [0.5, 0.6) is 0 Å². The largest absolute Gasteiger partial charge is 0.348 e. The predicted molar refractivity (Wildman–Crippen MR) is 63.8 cm³/mol. The highest BCUT2D eigenvalue weighted by molar-refractivity contribution is 6.35. The normalized spacial score (nSPS) is 10.2. The summed E-state index contributed by atoms with van der Waals surface area (Å²) >= 11 is 0. The Balaban J connectivity index is 3.46. The molecule has 0 aromatic rings. The molecule has 0 saturated carbocycles. The first-order valence-corrected chi connectivity index (χ1v) is 5.84. The van der Waals surface area contributed by atoms with E-state index in [1.54, 1.807) is 0 Å². The molecular weight excluding hydrogens is 206 g/mol. The van der Waals surface area contributed by atoms with Gasteiger partial charge in [0.2, 0.25) is 0 Å². The lowest BCUT2D eigenvalue weighted by Gasteiger charge is -2.06. The minimum absolute atomic E-state index is 0.333. The van der Waals surface area contributed by atoms with Gasteiger partial charge in [-0.1, -0.05) is 26.7 Å². The van der Waals surface area contributed by atoms with E-state index in [9.17, 15) is 9.59 Å². The van der Waals surface area contributed by atoms with Crippen molar-refractivity contribution in [1.29, 1.82) is 0 Å². The fraction of sp³-hybridized carbons (Fsp3) is 0.818. The summed E-state index contributed by atoms with van der Waals surface area (Å²) in [7, 11) is 0. The molecule has 0 aliphatic carbocycles. The van der Waals surface area contributed by atoms with Crippen LogP contribution in [0, 0.1) is 5.92 Å². The van der Waals surface area contributed by atoms with E-state index in [0.717, 1.165) is 19.3 Å². The first-order chi connectivity index (χ1) is 7.57. The Labute approximate surface area is 97.2 Å². The zero-order chi connectivity index (χ0) is 12.4. The van der Waals surface area contributed by atoms with Gasteiger partial charge in [0.15, 0.2) is 0 Å². The summed E-state index contributed by atoms with van der Waals surface area (Å²) in [5.41, 5.74) is 5.20. The molecule has 0 rings (SSSR count). The molecule has 0 radical (unpaired) electrons. The monoisotopic (exact) mass is 229 g/mol. The van der Waals surface area contributed by atoms with Crippen LogP contribution in [0.3, 0.4) is 0 Å². The molecule has 0 bridgehead atoms. The van der Waals surface area contributed by atoms with E-state index in [2.05, 4.69) is 24.5 Å². The van der Waals surface area contributed by atoms with Crippen LogP contribution in [0.2, 0.25) is 0 Å². The van der Waals surface area contributed by atoms with E-state index < -0.39 is 11.8 Å². The van der Waals surface area contributed by atoms with Crippen LogP contribution in [0.1, 0.15) is 33.1 Å². The molecular formula is C11H23N3O2. The van der Waals surface area contributed by atoms with Crippen LogP contribution >= 0.6 is 0 Å². The second-order valence-electron chi connectivity index (χ2n) is 4.19. The predicted octanol–water partition coefficient (Wildman–Crippen LogP) is 0.00380. The van der Waals surface area contributed by atoms with Gasteiger partial charge in [0.1, 0.15) is 0 Å². The highest BCUT2D eigenvalue weighted by atomic mass is 16.2. The molecule has 0 spiro atoms. The van der Waals surface area contributed by atoms with E-state index in [0.29, 0.717) is 25.6 Å². The van der Waals surface area contributed by atoms with Gasteiger partial charge in [0, 0.05) is 19.6 Å². The molecule has 0 saturated heterocycles. The molecule has 94 valence electrons. The van der Waals surface area contributed by atoms with Gasteiger partial charge in [-0.3, -0.25) is 9.59 Å². The summed E-state index contributed by atoms with van der Waals surface area (Å²) in [5.74, 6) is -0.490. The van der Waals surface area contributed by atoms with Crippen molar-refractivity contribution in [2.75, 3.05) is 19.6 Å². The highest BCUT2D eigenvalue weighted by Crippen LogP contribution is 2.04. The van der Waals surface area contributed by atoms with Crippen molar-refractivity contribution < 1.29 is 9.59 Å². The molecule has 0 fully saturated rings. The molecule has 0 heterocycles. The average molecular weight is 229 g/mol. The third kappa shape index (κ3) is 8.23. The lowest BCUT2D eigenvalue weighted by Crippen LogP contribution is -2.41. The number of rotatable bonds is 7. The van der Waals surface area contributed by atoms with Gasteiger partial charge in [0.25, 0.3) is 0 Å². The third-order valence-electron chi connectivity index (χ3n) is 2.13. The Kier molecular flexibility index (Phi) is 8.52. The Bertz CT molecular complexity index is 217. The van der Waals surface area contributed by atoms with Crippen LogP contribution < -0.4 is 16.4 Å². The zero-order valence-electron chi connectivity index (χ0n) is 10.2. The maximum atomic E-state index is 11.2. The molecule has 16 heavy (non-hydrogen) atoms. The molecule has 5 heteroatoms. The molecule has 4 N–H and O–H groups in total. The summed E-state index contributed by atoms with van der Waals surface area (Å²) in [6, 6.07) is 0. The summed E-state index contributed by atoms with van der Waals surface area (Å²) in [4.78, 5) is 22.3. The second-order valence-corrected chi connectivity index (χ2v) is 4.19. The standard InChI is InChI=1S/C11H23N3O2/c1-9(2)5-3-4-7-13-10(15)11(16)14-8-6-12/h9H,3-8,12H2,1-2H3,(H,13,15)(H,14,16). The van der Waals surface area contributed by atoms with Crippen LogP contribution in [0.4, 0.5) is 0 Å². The number of carbonyl (C=O) groups is 2. The lowest BCUT2D eigenvalue weighted by atomic mass is 10.1. The second kappa shape index (κ2) is 9.15. The molecule has 2 amide bonds. The van der Waals surface area contributed by atoms with Crippen LogP contribution in [0.25, 0.3) is 0 Å². The minimum Gasteiger partial charge on any atom is -0.348 e. The maximum Gasteiger partial charge on any atom is 0.309 e. The average Bonchev–Trinajstić information content (AvgIpc) is 2.24.